The SMILES string of the molecule is CC(C)N(C)CCCC(=O)Nc1c(Cl)cc(N)cc1Cl. The van der Waals surface area contributed by atoms with E-state index in [2.05, 4.69) is 24.1 Å². The van der Waals surface area contributed by atoms with Crippen molar-refractivity contribution in [2.45, 2.75) is 32.7 Å². The largest absolute Gasteiger partial charge is 0.399 e. The lowest BCUT2D eigenvalue weighted by molar-refractivity contribution is -0.116. The Kier molecular flexibility index (Phi) is 6.59. The molecule has 0 aliphatic heterocycles. The van der Waals surface area contributed by atoms with E-state index in [1.165, 1.54) is 0 Å². The summed E-state index contributed by atoms with van der Waals surface area (Å²) < 4.78 is 0. The second-order valence-corrected chi connectivity index (χ2v) is 5.90. The van der Waals surface area contributed by atoms with Crippen molar-refractivity contribution in [1.29, 1.82) is 0 Å². The summed E-state index contributed by atoms with van der Waals surface area (Å²) in [5.41, 5.74) is 6.50. The number of nitrogen functional groups attached to an aromatic ring is 1. The fourth-order valence-electron chi connectivity index (χ4n) is 1.66. The van der Waals surface area contributed by atoms with Crippen LogP contribution in [0, 0.1) is 0 Å². The van der Waals surface area contributed by atoms with Crippen LogP contribution in [-0.4, -0.2) is 30.4 Å². The van der Waals surface area contributed by atoms with Gasteiger partial charge in [-0.25, -0.2) is 0 Å². The predicted molar refractivity (Wildman–Crippen MR) is 86.5 cm³/mol. The number of nitrogens with zero attached hydrogens (tertiary/aromatic N) is 1. The summed E-state index contributed by atoms with van der Waals surface area (Å²) in [6, 6.07) is 3.60. The highest BCUT2D eigenvalue weighted by Gasteiger charge is 2.11. The minimum absolute atomic E-state index is 0.101. The zero-order chi connectivity index (χ0) is 15.3. The number of carbonyl (C=O) groups is 1. The second kappa shape index (κ2) is 7.72. The van der Waals surface area contributed by atoms with Crippen molar-refractivity contribution < 1.29 is 4.79 Å². The van der Waals surface area contributed by atoms with Crippen LogP contribution < -0.4 is 11.1 Å². The number of rotatable bonds is 6. The number of nitrogens with one attached hydrogen (secondary N) is 1. The summed E-state index contributed by atoms with van der Waals surface area (Å²) >= 11 is 12.0. The van der Waals surface area contributed by atoms with Gasteiger partial charge in [0.1, 0.15) is 0 Å². The third kappa shape index (κ3) is 5.19. The van der Waals surface area contributed by atoms with Crippen molar-refractivity contribution in [3.8, 4) is 0 Å². The molecule has 0 saturated carbocycles. The molecule has 0 saturated heterocycles. The van der Waals surface area contributed by atoms with E-state index in [9.17, 15) is 4.79 Å². The molecule has 1 aromatic rings. The van der Waals surface area contributed by atoms with Crippen molar-refractivity contribution in [1.82, 2.24) is 4.90 Å². The molecule has 6 heteroatoms. The number of benzene rings is 1. The molecule has 0 aliphatic carbocycles. The van der Waals surface area contributed by atoms with Crippen LogP contribution in [0.5, 0.6) is 0 Å². The molecule has 0 spiro atoms. The topological polar surface area (TPSA) is 58.4 Å². The monoisotopic (exact) mass is 317 g/mol. The van der Waals surface area contributed by atoms with Gasteiger partial charge in [-0.3, -0.25) is 4.79 Å². The Labute approximate surface area is 130 Å². The molecule has 20 heavy (non-hydrogen) atoms. The van der Waals surface area contributed by atoms with Crippen LogP contribution in [-0.2, 0) is 4.79 Å². The molecule has 0 atom stereocenters. The maximum Gasteiger partial charge on any atom is 0.224 e. The van der Waals surface area contributed by atoms with Crippen LogP contribution >= 0.6 is 23.2 Å². The van der Waals surface area contributed by atoms with E-state index in [4.69, 9.17) is 28.9 Å². The fourth-order valence-corrected chi connectivity index (χ4v) is 2.26. The van der Waals surface area contributed by atoms with Crippen LogP contribution in [0.25, 0.3) is 0 Å². The Balaban J connectivity index is 2.51. The highest BCUT2D eigenvalue weighted by atomic mass is 35.5. The van der Waals surface area contributed by atoms with Crippen LogP contribution in [0.1, 0.15) is 26.7 Å². The van der Waals surface area contributed by atoms with Gasteiger partial charge in [0, 0.05) is 18.2 Å². The van der Waals surface area contributed by atoms with Gasteiger partial charge in [0.2, 0.25) is 5.91 Å². The maximum atomic E-state index is 11.9. The highest BCUT2D eigenvalue weighted by Crippen LogP contribution is 2.32. The van der Waals surface area contributed by atoms with Crippen molar-refractivity contribution in [3.05, 3.63) is 22.2 Å². The van der Waals surface area contributed by atoms with Gasteiger partial charge in [0.25, 0.3) is 0 Å². The summed E-state index contributed by atoms with van der Waals surface area (Å²) in [6.45, 7) is 5.11. The summed E-state index contributed by atoms with van der Waals surface area (Å²) in [5, 5.41) is 3.43. The first-order chi connectivity index (χ1) is 9.31. The first-order valence-electron chi connectivity index (χ1n) is 6.56. The molecular formula is C14H21Cl2N3O. The second-order valence-electron chi connectivity index (χ2n) is 5.09. The lowest BCUT2D eigenvalue weighted by Gasteiger charge is -2.20. The normalized spacial score (nSPS) is 11.2. The van der Waals surface area contributed by atoms with Gasteiger partial charge in [-0.05, 0) is 46.0 Å². The van der Waals surface area contributed by atoms with E-state index in [1.807, 2.05) is 7.05 Å². The van der Waals surface area contributed by atoms with Crippen LogP contribution in [0.4, 0.5) is 11.4 Å². The van der Waals surface area contributed by atoms with Crippen molar-refractivity contribution >= 4 is 40.5 Å². The summed E-state index contributed by atoms with van der Waals surface area (Å²) in [5.74, 6) is -0.101. The van der Waals surface area contributed by atoms with Crippen molar-refractivity contribution in [2.24, 2.45) is 0 Å². The van der Waals surface area contributed by atoms with Gasteiger partial charge in [0.05, 0.1) is 15.7 Å². The van der Waals surface area contributed by atoms with Gasteiger partial charge < -0.3 is 16.0 Å². The molecule has 0 aromatic heterocycles. The number of hydrogen-bond acceptors (Lipinski definition) is 3. The Morgan fingerprint density at radius 2 is 1.90 bits per heavy atom. The quantitative estimate of drug-likeness (QED) is 0.787. The van der Waals surface area contributed by atoms with Gasteiger partial charge in [-0.15, -0.1) is 0 Å². The van der Waals surface area contributed by atoms with Crippen LogP contribution in [0.15, 0.2) is 12.1 Å². The van der Waals surface area contributed by atoms with Crippen molar-refractivity contribution in [3.63, 3.8) is 0 Å². The van der Waals surface area contributed by atoms with E-state index in [-0.39, 0.29) is 5.91 Å². The standard InChI is InChI=1S/C14H21Cl2N3O/c1-9(2)19(3)6-4-5-13(20)18-14-11(15)7-10(17)8-12(14)16/h7-9H,4-6,17H2,1-3H3,(H,18,20). The number of halogens is 2. The zero-order valence-electron chi connectivity index (χ0n) is 12.0. The average Bonchev–Trinajstić information content (AvgIpc) is 2.33. The molecular weight excluding hydrogens is 297 g/mol. The molecule has 1 rings (SSSR count). The Hall–Kier alpha value is -0.970. The number of carbonyl (C=O) groups excluding carboxylic acids is 1. The zero-order valence-corrected chi connectivity index (χ0v) is 13.6. The maximum absolute atomic E-state index is 11.9. The summed E-state index contributed by atoms with van der Waals surface area (Å²) in [7, 11) is 2.04. The minimum Gasteiger partial charge on any atom is -0.399 e. The van der Waals surface area contributed by atoms with Crippen molar-refractivity contribution in [2.75, 3.05) is 24.6 Å². The van der Waals surface area contributed by atoms with E-state index >= 15 is 0 Å². The first kappa shape index (κ1) is 17.1. The molecule has 112 valence electrons. The van der Waals surface area contributed by atoms with E-state index in [0.29, 0.717) is 33.9 Å². The lowest BCUT2D eigenvalue weighted by atomic mass is 10.2. The van der Waals surface area contributed by atoms with E-state index in [0.717, 1.165) is 13.0 Å². The lowest BCUT2D eigenvalue weighted by Crippen LogP contribution is -2.28. The molecule has 0 bridgehead atoms. The van der Waals surface area contributed by atoms with Gasteiger partial charge in [-0.2, -0.15) is 0 Å². The molecule has 0 heterocycles. The van der Waals surface area contributed by atoms with Gasteiger partial charge >= 0.3 is 0 Å². The summed E-state index contributed by atoms with van der Waals surface area (Å²) in [4.78, 5) is 14.1. The molecule has 3 N–H and O–H groups in total. The number of nitrogens with two attached hydrogens (primary N) is 1. The van der Waals surface area contributed by atoms with E-state index in [1.54, 1.807) is 12.1 Å². The first-order valence-corrected chi connectivity index (χ1v) is 7.31. The Morgan fingerprint density at radius 3 is 2.40 bits per heavy atom. The Morgan fingerprint density at radius 1 is 1.35 bits per heavy atom. The minimum atomic E-state index is -0.101. The molecule has 0 aliphatic rings. The molecule has 4 nitrogen and oxygen atoms in total. The molecule has 0 radical (unpaired) electrons. The van der Waals surface area contributed by atoms with Gasteiger partial charge in [-0.1, -0.05) is 23.2 Å². The predicted octanol–water partition coefficient (Wildman–Crippen LogP) is 3.63. The summed E-state index contributed by atoms with van der Waals surface area (Å²) in [6.07, 6.45) is 1.21. The molecule has 1 amide bonds. The Bertz CT molecular complexity index is 454. The number of amides is 1. The van der Waals surface area contributed by atoms with E-state index < -0.39 is 0 Å². The smallest absolute Gasteiger partial charge is 0.224 e. The fraction of sp³-hybridized carbons (Fsp3) is 0.500. The third-order valence-electron chi connectivity index (χ3n) is 3.13. The average molecular weight is 318 g/mol. The number of hydrogen-bond donors (Lipinski definition) is 2. The number of anilines is 2. The van der Waals surface area contributed by atoms with Crippen LogP contribution in [0.3, 0.4) is 0 Å². The van der Waals surface area contributed by atoms with Crippen LogP contribution in [0.2, 0.25) is 10.0 Å². The molecule has 1 aromatic carbocycles. The molecule has 0 unspecified atom stereocenters. The third-order valence-corrected chi connectivity index (χ3v) is 3.72. The van der Waals surface area contributed by atoms with Gasteiger partial charge in [0.15, 0.2) is 0 Å². The molecule has 0 fully saturated rings. The highest BCUT2D eigenvalue weighted by molar-refractivity contribution is 6.40.